The third-order valence-electron chi connectivity index (χ3n) is 3.41. The molecule has 0 saturated heterocycles. The van der Waals surface area contributed by atoms with Crippen molar-refractivity contribution < 1.29 is 13.2 Å². The molecule has 108 valence electrons. The molecule has 1 aliphatic rings. The molecule has 0 spiro atoms. The molecular formula is C15H12ClNO3S. The summed E-state index contributed by atoms with van der Waals surface area (Å²) in [6.07, 6.45) is 0. The predicted molar refractivity (Wildman–Crippen MR) is 81.6 cm³/mol. The van der Waals surface area contributed by atoms with Gasteiger partial charge in [0.2, 0.25) is 0 Å². The molecule has 0 aromatic heterocycles. The van der Waals surface area contributed by atoms with E-state index >= 15 is 0 Å². The molecule has 0 fully saturated rings. The van der Waals surface area contributed by atoms with Crippen molar-refractivity contribution >= 4 is 33.0 Å². The number of carbonyl (C=O) groups excluding carboxylic acids is 1. The normalized spacial score (nSPS) is 16.3. The monoisotopic (exact) mass is 321 g/mol. The van der Waals surface area contributed by atoms with E-state index in [0.29, 0.717) is 16.3 Å². The van der Waals surface area contributed by atoms with Gasteiger partial charge in [0.1, 0.15) is 0 Å². The van der Waals surface area contributed by atoms with E-state index in [-0.39, 0.29) is 23.1 Å². The first-order chi connectivity index (χ1) is 9.99. The van der Waals surface area contributed by atoms with E-state index in [4.69, 9.17) is 11.6 Å². The van der Waals surface area contributed by atoms with Crippen LogP contribution in [0.4, 0.5) is 5.69 Å². The average molecular weight is 322 g/mol. The summed E-state index contributed by atoms with van der Waals surface area (Å²) in [6.45, 7) is 0.154. The van der Waals surface area contributed by atoms with Gasteiger partial charge in [-0.1, -0.05) is 23.7 Å². The molecule has 1 aliphatic heterocycles. The predicted octanol–water partition coefficient (Wildman–Crippen LogP) is 2.77. The fraction of sp³-hybridized carbons (Fsp3) is 0.133. The number of para-hydroxylation sites is 1. The lowest BCUT2D eigenvalue weighted by molar-refractivity contribution is 0.0987. The van der Waals surface area contributed by atoms with Gasteiger partial charge in [-0.25, -0.2) is 8.42 Å². The van der Waals surface area contributed by atoms with E-state index in [1.54, 1.807) is 42.5 Å². The van der Waals surface area contributed by atoms with Crippen LogP contribution in [0.1, 0.15) is 10.4 Å². The van der Waals surface area contributed by atoms with Gasteiger partial charge in [0, 0.05) is 17.1 Å². The van der Waals surface area contributed by atoms with Crippen LogP contribution in [-0.4, -0.2) is 26.6 Å². The fourth-order valence-corrected chi connectivity index (χ4v) is 3.90. The number of carbonyl (C=O) groups is 1. The molecule has 0 bridgehead atoms. The van der Waals surface area contributed by atoms with Crippen molar-refractivity contribution in [2.24, 2.45) is 0 Å². The second kappa shape index (κ2) is 5.16. The highest BCUT2D eigenvalue weighted by Gasteiger charge is 2.31. The summed E-state index contributed by atoms with van der Waals surface area (Å²) in [4.78, 5) is 14.3. The minimum Gasteiger partial charge on any atom is -0.306 e. The van der Waals surface area contributed by atoms with Gasteiger partial charge in [0.25, 0.3) is 5.91 Å². The molecule has 0 aliphatic carbocycles. The molecule has 1 amide bonds. The molecule has 3 rings (SSSR count). The minimum absolute atomic E-state index is 0.0661. The fourth-order valence-electron chi connectivity index (χ4n) is 2.34. The van der Waals surface area contributed by atoms with Gasteiger partial charge in [-0.2, -0.15) is 0 Å². The molecule has 0 radical (unpaired) electrons. The van der Waals surface area contributed by atoms with Crippen LogP contribution < -0.4 is 4.90 Å². The van der Waals surface area contributed by atoms with Gasteiger partial charge < -0.3 is 4.90 Å². The highest BCUT2D eigenvalue weighted by Crippen LogP contribution is 2.31. The zero-order valence-corrected chi connectivity index (χ0v) is 12.6. The highest BCUT2D eigenvalue weighted by atomic mass is 35.5. The van der Waals surface area contributed by atoms with E-state index in [0.717, 1.165) is 0 Å². The first kappa shape index (κ1) is 14.1. The second-order valence-electron chi connectivity index (χ2n) is 4.75. The van der Waals surface area contributed by atoms with E-state index in [1.165, 1.54) is 11.0 Å². The molecule has 0 atom stereocenters. The number of hydrogen-bond donors (Lipinski definition) is 0. The van der Waals surface area contributed by atoms with E-state index in [2.05, 4.69) is 0 Å². The van der Waals surface area contributed by atoms with Crippen molar-refractivity contribution in [3.8, 4) is 0 Å². The lowest BCUT2D eigenvalue weighted by Gasteiger charge is -2.29. The Balaban J connectivity index is 2.04. The van der Waals surface area contributed by atoms with Crippen LogP contribution in [0.2, 0.25) is 5.02 Å². The quantitative estimate of drug-likeness (QED) is 0.811. The van der Waals surface area contributed by atoms with Crippen molar-refractivity contribution in [3.05, 3.63) is 59.1 Å². The summed E-state index contributed by atoms with van der Waals surface area (Å²) in [6, 6.07) is 13.1. The van der Waals surface area contributed by atoms with Gasteiger partial charge in [0.15, 0.2) is 9.84 Å². The molecule has 0 saturated carbocycles. The number of amides is 1. The molecular weight excluding hydrogens is 310 g/mol. The number of benzene rings is 2. The minimum atomic E-state index is -3.31. The molecule has 6 heteroatoms. The Labute approximate surface area is 127 Å². The Hall–Kier alpha value is -1.85. The Morgan fingerprint density at radius 2 is 1.71 bits per heavy atom. The number of halogens is 1. The van der Waals surface area contributed by atoms with Gasteiger partial charge >= 0.3 is 0 Å². The Morgan fingerprint density at radius 3 is 2.43 bits per heavy atom. The van der Waals surface area contributed by atoms with E-state index in [1.807, 2.05) is 0 Å². The van der Waals surface area contributed by atoms with Crippen LogP contribution in [0.5, 0.6) is 0 Å². The lowest BCUT2D eigenvalue weighted by atomic mass is 10.1. The van der Waals surface area contributed by atoms with Gasteiger partial charge in [0.05, 0.1) is 16.3 Å². The molecule has 0 unspecified atom stereocenters. The summed E-state index contributed by atoms with van der Waals surface area (Å²) < 4.78 is 24.1. The number of fused-ring (bicyclic) bond motifs is 1. The first-order valence-electron chi connectivity index (χ1n) is 6.38. The standard InChI is InChI=1S/C15H12ClNO3S/c16-12-7-5-11(6-8-12)15(18)17-9-10-21(19,20)14-4-2-1-3-13(14)17/h1-8H,9-10H2. The number of hydrogen-bond acceptors (Lipinski definition) is 3. The number of nitrogens with zero attached hydrogens (tertiary/aromatic N) is 1. The van der Waals surface area contributed by atoms with Crippen LogP contribution in [-0.2, 0) is 9.84 Å². The number of sulfone groups is 1. The van der Waals surface area contributed by atoms with Crippen molar-refractivity contribution in [1.82, 2.24) is 0 Å². The third kappa shape index (κ3) is 2.54. The third-order valence-corrected chi connectivity index (χ3v) is 5.40. The van der Waals surface area contributed by atoms with Crippen LogP contribution in [0.3, 0.4) is 0 Å². The zero-order chi connectivity index (χ0) is 15.0. The SMILES string of the molecule is O=C(c1ccc(Cl)cc1)N1CCS(=O)(=O)c2ccccc21. The lowest BCUT2D eigenvalue weighted by Crippen LogP contribution is -2.39. The second-order valence-corrected chi connectivity index (χ2v) is 7.26. The molecule has 0 N–H and O–H groups in total. The van der Waals surface area contributed by atoms with Gasteiger partial charge in [-0.15, -0.1) is 0 Å². The Morgan fingerprint density at radius 1 is 1.05 bits per heavy atom. The van der Waals surface area contributed by atoms with Gasteiger partial charge in [-0.3, -0.25) is 4.79 Å². The van der Waals surface area contributed by atoms with Crippen molar-refractivity contribution in [3.63, 3.8) is 0 Å². The average Bonchev–Trinajstić information content (AvgIpc) is 2.48. The Bertz CT molecular complexity index is 800. The van der Waals surface area contributed by atoms with Gasteiger partial charge in [-0.05, 0) is 36.4 Å². The van der Waals surface area contributed by atoms with E-state index < -0.39 is 9.84 Å². The summed E-state index contributed by atoms with van der Waals surface area (Å²) in [5.74, 6) is -0.294. The van der Waals surface area contributed by atoms with Crippen LogP contribution in [0.25, 0.3) is 0 Å². The van der Waals surface area contributed by atoms with Crippen LogP contribution >= 0.6 is 11.6 Å². The molecule has 4 nitrogen and oxygen atoms in total. The highest BCUT2D eigenvalue weighted by molar-refractivity contribution is 7.91. The Kier molecular flexibility index (Phi) is 3.47. The van der Waals surface area contributed by atoms with Crippen LogP contribution in [0.15, 0.2) is 53.4 Å². The molecule has 21 heavy (non-hydrogen) atoms. The maximum atomic E-state index is 12.6. The zero-order valence-electron chi connectivity index (χ0n) is 11.0. The van der Waals surface area contributed by atoms with Crippen molar-refractivity contribution in [2.75, 3.05) is 17.2 Å². The van der Waals surface area contributed by atoms with Crippen molar-refractivity contribution in [1.29, 1.82) is 0 Å². The summed E-state index contributed by atoms with van der Waals surface area (Å²) in [7, 11) is -3.31. The smallest absolute Gasteiger partial charge is 0.258 e. The van der Waals surface area contributed by atoms with Crippen LogP contribution in [0, 0.1) is 0 Å². The summed E-state index contributed by atoms with van der Waals surface area (Å²) >= 11 is 5.82. The molecule has 2 aromatic carbocycles. The summed E-state index contributed by atoms with van der Waals surface area (Å²) in [5, 5.41) is 0.549. The summed E-state index contributed by atoms with van der Waals surface area (Å²) in [5.41, 5.74) is 0.914. The molecule has 2 aromatic rings. The topological polar surface area (TPSA) is 54.5 Å². The first-order valence-corrected chi connectivity index (χ1v) is 8.41. The maximum Gasteiger partial charge on any atom is 0.258 e. The maximum absolute atomic E-state index is 12.6. The number of anilines is 1. The van der Waals surface area contributed by atoms with E-state index in [9.17, 15) is 13.2 Å². The largest absolute Gasteiger partial charge is 0.306 e. The van der Waals surface area contributed by atoms with Crippen molar-refractivity contribution in [2.45, 2.75) is 4.90 Å². The molecule has 1 heterocycles. The number of rotatable bonds is 1.